The molecule has 10 atom stereocenters. The van der Waals surface area contributed by atoms with Crippen LogP contribution in [0.1, 0.15) is 90.3 Å². The van der Waals surface area contributed by atoms with E-state index in [1.54, 1.807) is 84.1 Å². The Morgan fingerprint density at radius 2 is 0.974 bits per heavy atom. The molecule has 78 heavy (non-hydrogen) atoms. The van der Waals surface area contributed by atoms with Crippen molar-refractivity contribution in [3.63, 3.8) is 0 Å². The number of benzene rings is 3. The summed E-state index contributed by atoms with van der Waals surface area (Å²) in [5, 5.41) is 58.0. The predicted octanol–water partition coefficient (Wildman–Crippen LogP) is 1.79. The molecule has 23 nitrogen and oxygen atoms in total. The van der Waals surface area contributed by atoms with Crippen molar-refractivity contribution in [3.8, 4) is 5.75 Å². The van der Waals surface area contributed by atoms with E-state index in [1.807, 2.05) is 18.2 Å². The van der Waals surface area contributed by atoms with E-state index in [9.17, 15) is 68.4 Å². The van der Waals surface area contributed by atoms with Crippen molar-refractivity contribution in [3.05, 3.63) is 102 Å². The van der Waals surface area contributed by atoms with Crippen LogP contribution in [-0.2, 0) is 67.2 Å². The third kappa shape index (κ3) is 18.7. The van der Waals surface area contributed by atoms with Crippen LogP contribution in [0.3, 0.4) is 0 Å². The molecule has 4 aromatic rings. The third-order valence-corrected chi connectivity index (χ3v) is 13.5. The molecule has 422 valence electrons. The van der Waals surface area contributed by atoms with E-state index in [2.05, 4.69) is 42.2 Å². The van der Waals surface area contributed by atoms with Crippen LogP contribution in [0, 0.1) is 17.8 Å². The fraction of sp³-hybridized carbons (Fsp3) is 0.455. The standard InChI is InChI=1S/C55H73N9O14/c1-7-30(5)46(63-48(70)37(56)27-44(68)69)53(75)60-41(25-33-18-20-35(65)21-19-33)51(73)59-40(24-32-14-10-9-11-15-32)50(72)58-39(22-23-43(66)67)49(71)62-45(29(3)4)52(74)64-47(31(6)8-2)54(76)61-42(55(77)78)26-34-28-57-38-17-13-12-16-36(34)38/h9-21,28-31,37,39-42,45-47,57,65H,7-8,22-27,56H2,1-6H3,(H,58,72)(H,59,73)(H,60,75)(H,61,76)(H,62,71)(H,63,70)(H,64,74)(H,66,67)(H,68,69)(H,77,78)/t30-,31-,37-,39-,40-,41-,42-,45-,46-,47-/m0/s1. The zero-order valence-electron chi connectivity index (χ0n) is 44.5. The van der Waals surface area contributed by atoms with Crippen LogP contribution in [-0.4, -0.2) is 133 Å². The SMILES string of the molecule is CC[C@H](C)[C@H](NC(=O)[C@@H](NC(=O)[C@H](CCC(=O)O)NC(=O)[C@H](Cc1ccccc1)NC(=O)[C@H](Cc1ccc(O)cc1)NC(=O)[C@@H](NC(=O)[C@@H](N)CC(=O)O)[C@@H](C)CC)C(C)C)C(=O)N[C@@H](Cc1c[nH]c2ccccc12)C(=O)O. The van der Waals surface area contributed by atoms with Crippen LogP contribution in [0.25, 0.3) is 10.9 Å². The second-order valence-electron chi connectivity index (χ2n) is 19.8. The molecule has 23 heteroatoms. The van der Waals surface area contributed by atoms with Crippen molar-refractivity contribution >= 4 is 70.2 Å². The van der Waals surface area contributed by atoms with Crippen LogP contribution in [0.4, 0.5) is 0 Å². The number of H-pyrrole nitrogens is 1. The molecule has 0 aliphatic carbocycles. The molecule has 7 amide bonds. The van der Waals surface area contributed by atoms with E-state index in [1.165, 1.54) is 24.3 Å². The lowest BCUT2D eigenvalue weighted by atomic mass is 9.95. The van der Waals surface area contributed by atoms with Gasteiger partial charge in [-0.3, -0.25) is 43.2 Å². The Balaban J connectivity index is 1.61. The summed E-state index contributed by atoms with van der Waals surface area (Å²) in [7, 11) is 0. The number of nitrogens with one attached hydrogen (secondary N) is 8. The summed E-state index contributed by atoms with van der Waals surface area (Å²) in [5.74, 6) is -12.1. The van der Waals surface area contributed by atoms with Crippen molar-refractivity contribution in [2.24, 2.45) is 23.5 Å². The number of carboxylic acids is 3. The smallest absolute Gasteiger partial charge is 0.326 e. The quantitative estimate of drug-likeness (QED) is 0.0342. The molecule has 0 aliphatic heterocycles. The first-order chi connectivity index (χ1) is 36.9. The van der Waals surface area contributed by atoms with Crippen LogP contribution in [0.2, 0.25) is 0 Å². The number of aromatic hydroxyl groups is 1. The van der Waals surface area contributed by atoms with Gasteiger partial charge in [0.1, 0.15) is 48.0 Å². The third-order valence-electron chi connectivity index (χ3n) is 13.5. The number of carbonyl (C=O) groups excluding carboxylic acids is 7. The molecule has 3 aromatic carbocycles. The average Bonchev–Trinajstić information content (AvgIpc) is 3.83. The predicted molar refractivity (Wildman–Crippen MR) is 286 cm³/mol. The summed E-state index contributed by atoms with van der Waals surface area (Å²) in [5.41, 5.74) is 8.19. The van der Waals surface area contributed by atoms with Crippen molar-refractivity contribution in [1.82, 2.24) is 42.2 Å². The fourth-order valence-corrected chi connectivity index (χ4v) is 8.44. The van der Waals surface area contributed by atoms with Gasteiger partial charge in [0.05, 0.1) is 12.5 Å². The van der Waals surface area contributed by atoms with Crippen molar-refractivity contribution < 1.29 is 68.4 Å². The maximum absolute atomic E-state index is 14.5. The Morgan fingerprint density at radius 1 is 0.513 bits per heavy atom. The molecule has 1 aromatic heterocycles. The van der Waals surface area contributed by atoms with E-state index in [0.29, 0.717) is 29.5 Å². The fourth-order valence-electron chi connectivity index (χ4n) is 8.44. The van der Waals surface area contributed by atoms with Crippen LogP contribution in [0.15, 0.2) is 85.1 Å². The van der Waals surface area contributed by atoms with Crippen molar-refractivity contribution in [2.45, 2.75) is 141 Å². The van der Waals surface area contributed by atoms with E-state index >= 15 is 0 Å². The Morgan fingerprint density at radius 3 is 1.50 bits per heavy atom. The Kier molecular flexibility index (Phi) is 23.8. The first-order valence-corrected chi connectivity index (χ1v) is 25.8. The van der Waals surface area contributed by atoms with Gasteiger partial charge in [0, 0.05) is 42.8 Å². The molecular weight excluding hydrogens is 1010 g/mol. The molecule has 0 saturated heterocycles. The van der Waals surface area contributed by atoms with Crippen LogP contribution >= 0.6 is 0 Å². The largest absolute Gasteiger partial charge is 0.508 e. The highest BCUT2D eigenvalue weighted by molar-refractivity contribution is 5.98. The molecule has 0 saturated carbocycles. The lowest BCUT2D eigenvalue weighted by Gasteiger charge is -2.30. The van der Waals surface area contributed by atoms with Gasteiger partial charge in [-0.05, 0) is 59.1 Å². The second-order valence-corrected chi connectivity index (χ2v) is 19.8. The maximum atomic E-state index is 14.5. The minimum Gasteiger partial charge on any atom is -0.508 e. The first kappa shape index (κ1) is 62.2. The number of aromatic amines is 1. The van der Waals surface area contributed by atoms with Gasteiger partial charge in [0.2, 0.25) is 41.4 Å². The van der Waals surface area contributed by atoms with Crippen LogP contribution in [0.5, 0.6) is 5.75 Å². The lowest BCUT2D eigenvalue weighted by Crippen LogP contribution is -2.62. The number of para-hydroxylation sites is 1. The summed E-state index contributed by atoms with van der Waals surface area (Å²) in [6, 6.07) is 9.85. The minimum atomic E-state index is -1.63. The Labute approximate surface area is 451 Å². The van der Waals surface area contributed by atoms with Crippen LogP contribution < -0.4 is 43.0 Å². The number of nitrogens with two attached hydrogens (primary N) is 1. The van der Waals surface area contributed by atoms with Gasteiger partial charge in [-0.15, -0.1) is 0 Å². The van der Waals surface area contributed by atoms with E-state index < -0.39 is 145 Å². The van der Waals surface area contributed by atoms with Crippen molar-refractivity contribution in [1.29, 1.82) is 0 Å². The molecule has 0 radical (unpaired) electrons. The average molecular weight is 1080 g/mol. The van der Waals surface area contributed by atoms with E-state index in [4.69, 9.17) is 5.73 Å². The number of phenols is 1. The zero-order valence-corrected chi connectivity index (χ0v) is 44.5. The summed E-state index contributed by atoms with van der Waals surface area (Å²) >= 11 is 0. The van der Waals surface area contributed by atoms with Gasteiger partial charge < -0.3 is 68.4 Å². The molecular formula is C55H73N9O14. The van der Waals surface area contributed by atoms with Gasteiger partial charge in [0.15, 0.2) is 0 Å². The molecule has 1 heterocycles. The monoisotopic (exact) mass is 1080 g/mol. The van der Waals surface area contributed by atoms with Crippen molar-refractivity contribution in [2.75, 3.05) is 0 Å². The lowest BCUT2D eigenvalue weighted by molar-refractivity contribution is -0.143. The highest BCUT2D eigenvalue weighted by Gasteiger charge is 2.37. The summed E-state index contributed by atoms with van der Waals surface area (Å²) < 4.78 is 0. The number of carbonyl (C=O) groups is 10. The number of rotatable bonds is 31. The summed E-state index contributed by atoms with van der Waals surface area (Å²) in [6.07, 6.45) is 0.0203. The van der Waals surface area contributed by atoms with Gasteiger partial charge in [-0.1, -0.05) is 115 Å². The highest BCUT2D eigenvalue weighted by Crippen LogP contribution is 2.21. The Bertz CT molecular complexity index is 2730. The maximum Gasteiger partial charge on any atom is 0.326 e. The molecule has 0 spiro atoms. The Hall–Kier alpha value is -8.34. The number of amides is 7. The van der Waals surface area contributed by atoms with Gasteiger partial charge in [0.25, 0.3) is 0 Å². The number of aliphatic carboxylic acids is 3. The van der Waals surface area contributed by atoms with Gasteiger partial charge >= 0.3 is 17.9 Å². The van der Waals surface area contributed by atoms with Gasteiger partial charge in [-0.2, -0.15) is 0 Å². The second kappa shape index (κ2) is 29.8. The molecule has 0 fully saturated rings. The molecule has 0 aliphatic rings. The number of aromatic nitrogens is 1. The number of carboxylic acid groups (broad SMARTS) is 3. The molecule has 0 bridgehead atoms. The normalized spacial score (nSPS) is 15.1. The van der Waals surface area contributed by atoms with E-state index in [-0.39, 0.29) is 25.0 Å². The summed E-state index contributed by atoms with van der Waals surface area (Å²) in [6.45, 7) is 10.0. The van der Waals surface area contributed by atoms with Gasteiger partial charge in [-0.25, -0.2) is 4.79 Å². The molecule has 14 N–H and O–H groups in total. The minimum absolute atomic E-state index is 0.0817. The zero-order chi connectivity index (χ0) is 57.8. The molecule has 0 unspecified atom stereocenters. The number of phenolic OH excluding ortho intramolecular Hbond substituents is 1. The van der Waals surface area contributed by atoms with E-state index in [0.717, 1.165) is 10.9 Å². The number of hydrogen-bond acceptors (Lipinski definition) is 12. The molecule has 4 rings (SSSR count). The topological polar surface area (TPSA) is 378 Å². The summed E-state index contributed by atoms with van der Waals surface area (Å²) in [4.78, 5) is 137. The highest BCUT2D eigenvalue weighted by atomic mass is 16.4. The number of hydrogen-bond donors (Lipinski definition) is 13. The first-order valence-electron chi connectivity index (χ1n) is 25.8. The number of fused-ring (bicyclic) bond motifs is 1.